The van der Waals surface area contributed by atoms with E-state index in [2.05, 4.69) is 20.6 Å². The van der Waals surface area contributed by atoms with E-state index in [9.17, 15) is 4.39 Å². The minimum absolute atomic E-state index is 0.130. The topological polar surface area (TPSA) is 96.9 Å². The molecule has 3 heterocycles. The molecule has 4 N–H and O–H groups in total. The second kappa shape index (κ2) is 6.93. The van der Waals surface area contributed by atoms with Gasteiger partial charge in [0, 0.05) is 18.2 Å². The maximum atomic E-state index is 13.3. The van der Waals surface area contributed by atoms with Crippen LogP contribution < -0.4 is 11.1 Å². The summed E-state index contributed by atoms with van der Waals surface area (Å²) < 4.78 is 15.1. The summed E-state index contributed by atoms with van der Waals surface area (Å²) in [6, 6.07) is 12.0. The third-order valence-corrected chi connectivity index (χ3v) is 4.20. The van der Waals surface area contributed by atoms with Gasteiger partial charge < -0.3 is 11.1 Å². The van der Waals surface area contributed by atoms with Crippen molar-refractivity contribution in [3.05, 3.63) is 72.1 Å². The lowest BCUT2D eigenvalue weighted by atomic mass is 9.95. The van der Waals surface area contributed by atoms with Crippen LogP contribution in [0.2, 0.25) is 0 Å². The van der Waals surface area contributed by atoms with E-state index >= 15 is 0 Å². The minimum Gasteiger partial charge on any atom is -0.330 e. The molecule has 0 radical (unpaired) electrons. The first-order chi connectivity index (χ1) is 12.7. The second-order valence-electron chi connectivity index (χ2n) is 5.93. The summed E-state index contributed by atoms with van der Waals surface area (Å²) in [6.45, 7) is 0.471. The molecule has 0 fully saturated rings. The van der Waals surface area contributed by atoms with E-state index in [0.717, 1.165) is 16.9 Å². The number of aromatic amines is 1. The third-order valence-electron chi connectivity index (χ3n) is 4.20. The highest BCUT2D eigenvalue weighted by atomic mass is 19.1. The molecule has 3 aromatic heterocycles. The lowest BCUT2D eigenvalue weighted by molar-refractivity contribution is 0.621. The molecule has 7 nitrogen and oxygen atoms in total. The van der Waals surface area contributed by atoms with Gasteiger partial charge >= 0.3 is 0 Å². The lowest BCUT2D eigenvalue weighted by Crippen LogP contribution is -2.15. The molecule has 0 bridgehead atoms. The van der Waals surface area contributed by atoms with Crippen molar-refractivity contribution < 1.29 is 4.39 Å². The lowest BCUT2D eigenvalue weighted by Gasteiger charge is -2.17. The normalized spacial score (nSPS) is 12.4. The summed E-state index contributed by atoms with van der Waals surface area (Å²) >= 11 is 0. The fourth-order valence-corrected chi connectivity index (χ4v) is 2.95. The van der Waals surface area contributed by atoms with Gasteiger partial charge in [0.15, 0.2) is 11.6 Å². The summed E-state index contributed by atoms with van der Waals surface area (Å²) in [4.78, 5) is 4.73. The van der Waals surface area contributed by atoms with Crippen LogP contribution in [-0.4, -0.2) is 31.3 Å². The molecule has 4 aromatic rings. The van der Waals surface area contributed by atoms with Crippen molar-refractivity contribution in [1.82, 2.24) is 24.8 Å². The molecule has 0 aliphatic rings. The zero-order valence-electron chi connectivity index (χ0n) is 13.9. The van der Waals surface area contributed by atoms with Gasteiger partial charge in [0.1, 0.15) is 17.2 Å². The number of aromatic nitrogens is 5. The Morgan fingerprint density at radius 1 is 1.19 bits per heavy atom. The molecular weight excluding hydrogens is 333 g/mol. The summed E-state index contributed by atoms with van der Waals surface area (Å²) in [5.41, 5.74) is 7.58. The molecule has 1 aromatic carbocycles. The second-order valence-corrected chi connectivity index (χ2v) is 5.93. The molecule has 0 saturated heterocycles. The van der Waals surface area contributed by atoms with E-state index < -0.39 is 0 Å². The quantitative estimate of drug-likeness (QED) is 0.496. The van der Waals surface area contributed by atoms with Gasteiger partial charge in [-0.2, -0.15) is 10.2 Å². The van der Waals surface area contributed by atoms with E-state index in [1.807, 2.05) is 24.4 Å². The predicted octanol–water partition coefficient (Wildman–Crippen LogP) is 2.82. The van der Waals surface area contributed by atoms with Crippen LogP contribution in [0.1, 0.15) is 23.7 Å². The Kier molecular flexibility index (Phi) is 4.32. The van der Waals surface area contributed by atoms with Crippen molar-refractivity contribution in [3.8, 4) is 0 Å². The Morgan fingerprint density at radius 2 is 2.04 bits per heavy atom. The summed E-state index contributed by atoms with van der Waals surface area (Å²) in [7, 11) is 0. The molecule has 8 heteroatoms. The summed E-state index contributed by atoms with van der Waals surface area (Å²) in [5, 5.41) is 14.7. The molecular formula is C18H18FN7. The van der Waals surface area contributed by atoms with Crippen LogP contribution in [0.3, 0.4) is 0 Å². The highest BCUT2D eigenvalue weighted by Crippen LogP contribution is 2.28. The highest BCUT2D eigenvalue weighted by Gasteiger charge is 2.19. The van der Waals surface area contributed by atoms with Crippen molar-refractivity contribution in [2.45, 2.75) is 12.3 Å². The molecule has 0 saturated carbocycles. The third kappa shape index (κ3) is 3.14. The van der Waals surface area contributed by atoms with Crippen LogP contribution in [0, 0.1) is 5.82 Å². The molecule has 0 aliphatic carbocycles. The number of nitrogens with zero attached hydrogens (tertiary/aromatic N) is 4. The van der Waals surface area contributed by atoms with Crippen molar-refractivity contribution >= 4 is 17.2 Å². The molecule has 4 rings (SSSR count). The van der Waals surface area contributed by atoms with Gasteiger partial charge in [-0.25, -0.2) is 13.9 Å². The largest absolute Gasteiger partial charge is 0.330 e. The van der Waals surface area contributed by atoms with Crippen LogP contribution in [-0.2, 0) is 0 Å². The van der Waals surface area contributed by atoms with Gasteiger partial charge in [0.25, 0.3) is 0 Å². The van der Waals surface area contributed by atoms with Crippen LogP contribution in [0.4, 0.5) is 16.0 Å². The SMILES string of the molecule is NCCC(c1ccc(F)cc1)c1nc(Nc2ccn[nH]2)c2cccn2n1. The summed E-state index contributed by atoms with van der Waals surface area (Å²) in [5.74, 6) is 1.61. The monoisotopic (exact) mass is 351 g/mol. The maximum Gasteiger partial charge on any atom is 0.159 e. The van der Waals surface area contributed by atoms with Gasteiger partial charge in [0.2, 0.25) is 0 Å². The molecule has 1 unspecified atom stereocenters. The summed E-state index contributed by atoms with van der Waals surface area (Å²) in [6.07, 6.45) is 4.18. The van der Waals surface area contributed by atoms with Crippen molar-refractivity contribution in [2.75, 3.05) is 11.9 Å². The van der Waals surface area contributed by atoms with Gasteiger partial charge in [-0.1, -0.05) is 12.1 Å². The predicted molar refractivity (Wildman–Crippen MR) is 96.8 cm³/mol. The van der Waals surface area contributed by atoms with Gasteiger partial charge in [-0.15, -0.1) is 0 Å². The fourth-order valence-electron chi connectivity index (χ4n) is 2.95. The van der Waals surface area contributed by atoms with Gasteiger partial charge in [-0.05, 0) is 42.8 Å². The Bertz CT molecular complexity index is 992. The molecule has 0 amide bonds. The Labute approximate surface area is 149 Å². The molecule has 1 atom stereocenters. The van der Waals surface area contributed by atoms with Crippen LogP contribution in [0.25, 0.3) is 5.52 Å². The minimum atomic E-state index is -0.274. The van der Waals surface area contributed by atoms with Gasteiger partial charge in [-0.3, -0.25) is 5.10 Å². The average molecular weight is 351 g/mol. The van der Waals surface area contributed by atoms with E-state index in [-0.39, 0.29) is 11.7 Å². The molecule has 0 spiro atoms. The molecule has 132 valence electrons. The van der Waals surface area contributed by atoms with Crippen molar-refractivity contribution in [3.63, 3.8) is 0 Å². The van der Waals surface area contributed by atoms with Crippen molar-refractivity contribution in [2.24, 2.45) is 5.73 Å². The van der Waals surface area contributed by atoms with Crippen LogP contribution in [0.15, 0.2) is 54.9 Å². The van der Waals surface area contributed by atoms with E-state index in [4.69, 9.17) is 10.7 Å². The fraction of sp³-hybridized carbons (Fsp3) is 0.167. The Morgan fingerprint density at radius 3 is 2.77 bits per heavy atom. The number of hydrogen-bond donors (Lipinski definition) is 3. The van der Waals surface area contributed by atoms with Crippen LogP contribution in [0.5, 0.6) is 0 Å². The first-order valence-corrected chi connectivity index (χ1v) is 8.32. The highest BCUT2D eigenvalue weighted by molar-refractivity contribution is 5.71. The number of H-pyrrole nitrogens is 1. The molecule has 0 aliphatic heterocycles. The number of benzene rings is 1. The Balaban J connectivity index is 1.79. The van der Waals surface area contributed by atoms with E-state index in [0.29, 0.717) is 24.6 Å². The van der Waals surface area contributed by atoms with E-state index in [1.165, 1.54) is 12.1 Å². The molecule has 26 heavy (non-hydrogen) atoms. The van der Waals surface area contributed by atoms with Gasteiger partial charge in [0.05, 0.1) is 6.20 Å². The number of rotatable bonds is 6. The number of nitrogens with one attached hydrogen (secondary N) is 2. The zero-order chi connectivity index (χ0) is 17.9. The number of hydrogen-bond acceptors (Lipinski definition) is 5. The Hall–Kier alpha value is -3.26. The van der Waals surface area contributed by atoms with E-state index in [1.54, 1.807) is 22.8 Å². The first-order valence-electron chi connectivity index (χ1n) is 8.32. The van der Waals surface area contributed by atoms with Crippen LogP contribution >= 0.6 is 0 Å². The van der Waals surface area contributed by atoms with Crippen molar-refractivity contribution in [1.29, 1.82) is 0 Å². The number of anilines is 2. The standard InChI is InChI=1S/C18H18FN7/c19-13-5-3-12(4-6-13)14(7-9-20)17-23-18(22-16-8-10-21-24-16)15-2-1-11-26(15)25-17/h1-6,8,10-11,14H,7,9,20H2,(H2,21,22,23,24,25). The maximum absolute atomic E-state index is 13.3. The average Bonchev–Trinajstić information content (AvgIpc) is 3.32. The smallest absolute Gasteiger partial charge is 0.159 e. The zero-order valence-corrected chi connectivity index (χ0v) is 13.9. The number of halogens is 1. The first kappa shape index (κ1) is 16.2. The number of fused-ring (bicyclic) bond motifs is 1. The number of nitrogens with two attached hydrogens (primary N) is 1.